The van der Waals surface area contributed by atoms with Crippen molar-refractivity contribution in [1.29, 1.82) is 0 Å². The predicted octanol–water partition coefficient (Wildman–Crippen LogP) is 2.88. The average molecular weight is 419 g/mol. The number of hydrogen-bond acceptors (Lipinski definition) is 6. The van der Waals surface area contributed by atoms with E-state index in [0.29, 0.717) is 24.1 Å². The van der Waals surface area contributed by atoms with Gasteiger partial charge in [0.05, 0.1) is 11.0 Å². The second kappa shape index (κ2) is 8.79. The van der Waals surface area contributed by atoms with Crippen LogP contribution >= 0.6 is 0 Å². The summed E-state index contributed by atoms with van der Waals surface area (Å²) in [7, 11) is -3.57. The highest BCUT2D eigenvalue weighted by Gasteiger charge is 2.23. The molecule has 0 saturated heterocycles. The van der Waals surface area contributed by atoms with E-state index >= 15 is 0 Å². The van der Waals surface area contributed by atoms with Crippen LogP contribution in [0.5, 0.6) is 5.75 Å². The Balaban J connectivity index is 1.80. The first-order valence-electron chi connectivity index (χ1n) is 9.59. The maximum absolute atomic E-state index is 12.8. The van der Waals surface area contributed by atoms with Crippen LogP contribution in [0.4, 0.5) is 0 Å². The first-order valence-corrected chi connectivity index (χ1v) is 11.0. The number of sulfonamides is 1. The maximum Gasteiger partial charge on any atom is 0.243 e. The Kier molecular flexibility index (Phi) is 6.39. The van der Waals surface area contributed by atoms with Crippen molar-refractivity contribution in [2.24, 2.45) is 0 Å². The molecule has 0 amide bonds. The van der Waals surface area contributed by atoms with Gasteiger partial charge in [-0.15, -0.1) is 5.10 Å². The number of aromatic nitrogens is 3. The molecule has 0 N–H and O–H groups in total. The zero-order valence-electron chi connectivity index (χ0n) is 17.1. The van der Waals surface area contributed by atoms with Crippen molar-refractivity contribution in [2.75, 3.05) is 13.1 Å². The van der Waals surface area contributed by atoms with Gasteiger partial charge in [0.1, 0.15) is 23.4 Å². The molecule has 1 heterocycles. The quantitative estimate of drug-likeness (QED) is 0.531. The summed E-state index contributed by atoms with van der Waals surface area (Å²) < 4.78 is 32.6. The Hall–Kier alpha value is -2.65. The molecule has 9 heteroatoms. The molecule has 0 aliphatic heterocycles. The molecule has 0 aliphatic rings. The van der Waals surface area contributed by atoms with E-state index in [1.807, 2.05) is 52.0 Å². The van der Waals surface area contributed by atoms with E-state index in [0.717, 1.165) is 11.3 Å². The molecule has 0 atom stereocenters. The van der Waals surface area contributed by atoms with Crippen LogP contribution in [0.3, 0.4) is 0 Å². The van der Waals surface area contributed by atoms with Gasteiger partial charge in [0.2, 0.25) is 10.0 Å². The number of ether oxygens (including phenoxy) is 1. The summed E-state index contributed by atoms with van der Waals surface area (Å²) in [6.45, 7) is 8.64. The van der Waals surface area contributed by atoms with Crippen molar-refractivity contribution in [3.8, 4) is 5.75 Å². The summed E-state index contributed by atoms with van der Waals surface area (Å²) in [6.07, 6.45) is 0.112. The van der Waals surface area contributed by atoms with Gasteiger partial charge in [-0.2, -0.15) is 4.31 Å². The molecule has 0 fully saturated rings. The van der Waals surface area contributed by atoms with Gasteiger partial charge in [0.25, 0.3) is 0 Å². The number of nitrogens with zero attached hydrogens (tertiary/aromatic N) is 4. The molecule has 0 unspecified atom stereocenters. The minimum absolute atomic E-state index is 0.112. The SMILES string of the molecule is CCN(CC)S(=O)(=O)c1ccc2nnn(OCc3ccc(OC(C)C)cc3)c2c1. The van der Waals surface area contributed by atoms with E-state index in [4.69, 9.17) is 9.57 Å². The fraction of sp³-hybridized carbons (Fsp3) is 0.400. The molecule has 8 nitrogen and oxygen atoms in total. The third-order valence-corrected chi connectivity index (χ3v) is 6.42. The van der Waals surface area contributed by atoms with Crippen LogP contribution in [0.1, 0.15) is 33.3 Å². The lowest BCUT2D eigenvalue weighted by atomic mass is 10.2. The summed E-state index contributed by atoms with van der Waals surface area (Å²) in [4.78, 5) is 7.19. The topological polar surface area (TPSA) is 86.6 Å². The van der Waals surface area contributed by atoms with Crippen LogP contribution in [0, 0.1) is 0 Å². The van der Waals surface area contributed by atoms with E-state index in [2.05, 4.69) is 10.3 Å². The highest BCUT2D eigenvalue weighted by Crippen LogP contribution is 2.21. The van der Waals surface area contributed by atoms with Crippen molar-refractivity contribution in [1.82, 2.24) is 19.5 Å². The van der Waals surface area contributed by atoms with Gasteiger partial charge in [-0.05, 0) is 55.0 Å². The third-order valence-electron chi connectivity index (χ3n) is 4.38. The zero-order valence-corrected chi connectivity index (χ0v) is 17.9. The van der Waals surface area contributed by atoms with Crippen molar-refractivity contribution in [3.05, 3.63) is 48.0 Å². The molecule has 29 heavy (non-hydrogen) atoms. The van der Waals surface area contributed by atoms with Crippen LogP contribution in [0.2, 0.25) is 0 Å². The summed E-state index contributed by atoms with van der Waals surface area (Å²) in [5, 5.41) is 8.03. The first kappa shape index (κ1) is 21.1. The summed E-state index contributed by atoms with van der Waals surface area (Å²) >= 11 is 0. The summed E-state index contributed by atoms with van der Waals surface area (Å²) in [6, 6.07) is 12.3. The minimum atomic E-state index is -3.57. The molecule has 156 valence electrons. The second-order valence-electron chi connectivity index (χ2n) is 6.79. The first-order chi connectivity index (χ1) is 13.8. The van der Waals surface area contributed by atoms with Crippen LogP contribution in [-0.4, -0.2) is 47.1 Å². The fourth-order valence-electron chi connectivity index (χ4n) is 2.92. The van der Waals surface area contributed by atoms with Gasteiger partial charge in [-0.3, -0.25) is 0 Å². The molecule has 0 bridgehead atoms. The largest absolute Gasteiger partial charge is 0.491 e. The lowest BCUT2D eigenvalue weighted by Crippen LogP contribution is -2.30. The van der Waals surface area contributed by atoms with Crippen LogP contribution in [-0.2, 0) is 16.6 Å². The number of rotatable bonds is 9. The maximum atomic E-state index is 12.8. The predicted molar refractivity (Wildman–Crippen MR) is 110 cm³/mol. The Morgan fingerprint density at radius 1 is 1.07 bits per heavy atom. The van der Waals surface area contributed by atoms with Crippen molar-refractivity contribution in [3.63, 3.8) is 0 Å². The molecule has 3 rings (SSSR count). The van der Waals surface area contributed by atoms with E-state index in [1.165, 1.54) is 9.15 Å². The van der Waals surface area contributed by atoms with Gasteiger partial charge < -0.3 is 9.57 Å². The number of benzene rings is 2. The average Bonchev–Trinajstić information content (AvgIpc) is 3.10. The van der Waals surface area contributed by atoms with Crippen molar-refractivity contribution < 1.29 is 18.0 Å². The van der Waals surface area contributed by atoms with E-state index < -0.39 is 10.0 Å². The molecular weight excluding hydrogens is 392 g/mol. The molecule has 0 saturated carbocycles. The van der Waals surface area contributed by atoms with Gasteiger partial charge in [0, 0.05) is 13.1 Å². The fourth-order valence-corrected chi connectivity index (χ4v) is 4.40. The van der Waals surface area contributed by atoms with E-state index in [-0.39, 0.29) is 17.6 Å². The Morgan fingerprint density at radius 3 is 2.38 bits per heavy atom. The molecule has 3 aromatic rings. The van der Waals surface area contributed by atoms with Gasteiger partial charge >= 0.3 is 0 Å². The summed E-state index contributed by atoms with van der Waals surface area (Å²) in [5.74, 6) is 0.793. The highest BCUT2D eigenvalue weighted by molar-refractivity contribution is 7.89. The third kappa shape index (κ3) is 4.68. The van der Waals surface area contributed by atoms with Crippen LogP contribution in [0.25, 0.3) is 11.0 Å². The summed E-state index contributed by atoms with van der Waals surface area (Å²) in [5.41, 5.74) is 1.99. The van der Waals surface area contributed by atoms with Crippen molar-refractivity contribution in [2.45, 2.75) is 45.3 Å². The highest BCUT2D eigenvalue weighted by atomic mass is 32.2. The second-order valence-corrected chi connectivity index (χ2v) is 8.72. The molecular formula is C20H26N4O4S. The molecule has 1 aromatic heterocycles. The monoisotopic (exact) mass is 418 g/mol. The van der Waals surface area contributed by atoms with E-state index in [1.54, 1.807) is 18.2 Å². The number of hydrogen-bond donors (Lipinski definition) is 0. The van der Waals surface area contributed by atoms with Gasteiger partial charge in [-0.25, -0.2) is 8.42 Å². The lowest BCUT2D eigenvalue weighted by Gasteiger charge is -2.18. The molecule has 0 spiro atoms. The molecule has 0 aliphatic carbocycles. The Bertz CT molecular complexity index is 1060. The molecule has 0 radical (unpaired) electrons. The Morgan fingerprint density at radius 2 is 1.76 bits per heavy atom. The van der Waals surface area contributed by atoms with Crippen molar-refractivity contribution >= 4 is 21.1 Å². The normalized spacial score (nSPS) is 12.1. The Labute approximate surface area is 171 Å². The number of fused-ring (bicyclic) bond motifs is 1. The lowest BCUT2D eigenvalue weighted by molar-refractivity contribution is 0.0750. The zero-order chi connectivity index (χ0) is 21.0. The van der Waals surface area contributed by atoms with Gasteiger partial charge in [0.15, 0.2) is 0 Å². The van der Waals surface area contributed by atoms with Crippen LogP contribution < -0.4 is 9.57 Å². The standard InChI is InChI=1S/C20H26N4O4S/c1-5-23(6-2)29(25,26)18-11-12-19-20(13-18)24(22-21-19)27-14-16-7-9-17(10-8-16)28-15(3)4/h7-13,15H,5-6,14H2,1-4H3. The smallest absolute Gasteiger partial charge is 0.243 e. The van der Waals surface area contributed by atoms with Gasteiger partial charge in [-0.1, -0.05) is 30.8 Å². The minimum Gasteiger partial charge on any atom is -0.491 e. The van der Waals surface area contributed by atoms with E-state index in [9.17, 15) is 8.42 Å². The molecule has 2 aromatic carbocycles. The van der Waals surface area contributed by atoms with Crippen LogP contribution in [0.15, 0.2) is 47.4 Å².